The van der Waals surface area contributed by atoms with Crippen LogP contribution in [0, 0.1) is 0 Å². The predicted octanol–water partition coefficient (Wildman–Crippen LogP) is 3.14. The zero-order valence-corrected chi connectivity index (χ0v) is 18.6. The highest BCUT2D eigenvalue weighted by atomic mass is 16.5. The third kappa shape index (κ3) is 3.76. The number of rotatable bonds is 4. The SMILES string of the molecule is O=C1COc2cc(NC3CCN(c4ccc(-c5n[nH]c(=O)c6ccccc56)cc4)C3=O)ccc2N1. The molecule has 9 heteroatoms. The fraction of sp³-hybridized carbons (Fsp3) is 0.154. The van der Waals surface area contributed by atoms with Crippen LogP contribution in [0.4, 0.5) is 17.1 Å². The number of H-pyrrole nitrogens is 1. The molecule has 3 aromatic carbocycles. The highest BCUT2D eigenvalue weighted by molar-refractivity contribution is 6.02. The molecule has 2 amide bonds. The number of carbonyl (C=O) groups excluding carboxylic acids is 2. The molecule has 1 unspecified atom stereocenters. The number of nitrogens with one attached hydrogen (secondary N) is 3. The summed E-state index contributed by atoms with van der Waals surface area (Å²) in [4.78, 5) is 38.4. The molecule has 1 atom stereocenters. The van der Waals surface area contributed by atoms with Crippen molar-refractivity contribution in [2.45, 2.75) is 12.5 Å². The molecule has 0 spiro atoms. The van der Waals surface area contributed by atoms with Gasteiger partial charge in [-0.2, -0.15) is 5.10 Å². The summed E-state index contributed by atoms with van der Waals surface area (Å²) in [7, 11) is 0. The topological polar surface area (TPSA) is 116 Å². The molecule has 35 heavy (non-hydrogen) atoms. The molecule has 0 aliphatic carbocycles. The van der Waals surface area contributed by atoms with Crippen molar-refractivity contribution in [1.29, 1.82) is 0 Å². The number of ether oxygens (including phenoxy) is 1. The van der Waals surface area contributed by atoms with E-state index in [-0.39, 0.29) is 30.0 Å². The van der Waals surface area contributed by atoms with Crippen molar-refractivity contribution < 1.29 is 14.3 Å². The van der Waals surface area contributed by atoms with Crippen LogP contribution in [0.25, 0.3) is 22.0 Å². The van der Waals surface area contributed by atoms with Gasteiger partial charge in [-0.05, 0) is 36.8 Å². The van der Waals surface area contributed by atoms with Gasteiger partial charge in [0.15, 0.2) is 6.61 Å². The minimum atomic E-state index is -0.365. The van der Waals surface area contributed by atoms with Gasteiger partial charge in [-0.25, -0.2) is 5.10 Å². The Morgan fingerprint density at radius 3 is 2.60 bits per heavy atom. The maximum atomic E-state index is 13.1. The van der Waals surface area contributed by atoms with Gasteiger partial charge < -0.3 is 20.3 Å². The number of hydrogen-bond donors (Lipinski definition) is 3. The molecule has 3 heterocycles. The van der Waals surface area contributed by atoms with Crippen molar-refractivity contribution in [3.05, 3.63) is 77.1 Å². The average Bonchev–Trinajstić information content (AvgIpc) is 3.24. The number of nitrogens with zero attached hydrogens (tertiary/aromatic N) is 2. The molecule has 4 aromatic rings. The molecule has 6 rings (SSSR count). The summed E-state index contributed by atoms with van der Waals surface area (Å²) >= 11 is 0. The molecule has 174 valence electrons. The van der Waals surface area contributed by atoms with Gasteiger partial charge in [0.05, 0.1) is 16.8 Å². The summed E-state index contributed by atoms with van der Waals surface area (Å²) in [6.45, 7) is 0.570. The van der Waals surface area contributed by atoms with E-state index in [1.165, 1.54) is 0 Å². The number of benzene rings is 3. The number of aromatic amines is 1. The number of aromatic nitrogens is 2. The van der Waals surface area contributed by atoms with Gasteiger partial charge in [-0.3, -0.25) is 14.4 Å². The molecule has 3 N–H and O–H groups in total. The molecule has 1 aromatic heterocycles. The van der Waals surface area contributed by atoms with Gasteiger partial charge in [0.25, 0.3) is 11.5 Å². The van der Waals surface area contributed by atoms with Gasteiger partial charge in [0, 0.05) is 34.9 Å². The molecule has 2 aliphatic rings. The van der Waals surface area contributed by atoms with E-state index in [0.29, 0.717) is 35.5 Å². The first-order valence-corrected chi connectivity index (χ1v) is 11.3. The van der Waals surface area contributed by atoms with E-state index < -0.39 is 0 Å². The summed E-state index contributed by atoms with van der Waals surface area (Å²) in [6.07, 6.45) is 0.654. The van der Waals surface area contributed by atoms with Crippen LogP contribution in [0.15, 0.2) is 71.5 Å². The number of hydrogen-bond acceptors (Lipinski definition) is 6. The molecular formula is C26H21N5O4. The number of fused-ring (bicyclic) bond motifs is 2. The van der Waals surface area contributed by atoms with E-state index in [1.54, 1.807) is 23.1 Å². The van der Waals surface area contributed by atoms with Crippen molar-refractivity contribution in [3.8, 4) is 17.0 Å². The van der Waals surface area contributed by atoms with Crippen LogP contribution in [0.1, 0.15) is 6.42 Å². The van der Waals surface area contributed by atoms with Gasteiger partial charge >= 0.3 is 0 Å². The lowest BCUT2D eigenvalue weighted by Gasteiger charge is -2.21. The fourth-order valence-corrected chi connectivity index (χ4v) is 4.57. The lowest BCUT2D eigenvalue weighted by atomic mass is 10.0. The van der Waals surface area contributed by atoms with Crippen LogP contribution in [-0.4, -0.2) is 41.2 Å². The predicted molar refractivity (Wildman–Crippen MR) is 133 cm³/mol. The van der Waals surface area contributed by atoms with Crippen molar-refractivity contribution in [1.82, 2.24) is 10.2 Å². The monoisotopic (exact) mass is 467 g/mol. The summed E-state index contributed by atoms with van der Waals surface area (Å²) in [5.74, 6) is 0.378. The largest absolute Gasteiger partial charge is 0.482 e. The zero-order valence-electron chi connectivity index (χ0n) is 18.6. The maximum absolute atomic E-state index is 13.1. The van der Waals surface area contributed by atoms with Crippen molar-refractivity contribution in [2.24, 2.45) is 0 Å². The van der Waals surface area contributed by atoms with Crippen LogP contribution in [-0.2, 0) is 9.59 Å². The van der Waals surface area contributed by atoms with Crippen LogP contribution in [0.2, 0.25) is 0 Å². The van der Waals surface area contributed by atoms with E-state index >= 15 is 0 Å². The summed E-state index contributed by atoms with van der Waals surface area (Å²) in [5, 5.41) is 14.2. The Morgan fingerprint density at radius 1 is 0.971 bits per heavy atom. The van der Waals surface area contributed by atoms with Crippen molar-refractivity contribution in [3.63, 3.8) is 0 Å². The fourth-order valence-electron chi connectivity index (χ4n) is 4.57. The smallest absolute Gasteiger partial charge is 0.272 e. The number of anilines is 3. The molecule has 1 fully saturated rings. The van der Waals surface area contributed by atoms with Crippen molar-refractivity contribution in [2.75, 3.05) is 28.7 Å². The second kappa shape index (κ2) is 8.28. The molecule has 1 saturated heterocycles. The van der Waals surface area contributed by atoms with Crippen LogP contribution >= 0.6 is 0 Å². The molecular weight excluding hydrogens is 446 g/mol. The van der Waals surface area contributed by atoms with E-state index in [4.69, 9.17) is 4.74 Å². The van der Waals surface area contributed by atoms with E-state index in [1.807, 2.05) is 48.5 Å². The van der Waals surface area contributed by atoms with E-state index in [2.05, 4.69) is 20.8 Å². The Labute approximate surface area is 199 Å². The van der Waals surface area contributed by atoms with Crippen molar-refractivity contribution >= 4 is 39.6 Å². The Morgan fingerprint density at radius 2 is 1.77 bits per heavy atom. The standard InChI is InChI=1S/C26H21N5O4/c32-23-14-35-22-13-16(7-10-20(22)28-23)27-21-11-12-31(26(21)34)17-8-5-15(6-9-17)24-18-3-1-2-4-19(18)25(33)30-29-24/h1-10,13,21,27H,11-12,14H2,(H,28,32)(H,30,33). The van der Waals surface area contributed by atoms with E-state index in [0.717, 1.165) is 22.3 Å². The van der Waals surface area contributed by atoms with Crippen LogP contribution in [0.3, 0.4) is 0 Å². The number of carbonyl (C=O) groups is 2. The second-order valence-electron chi connectivity index (χ2n) is 8.52. The minimum absolute atomic E-state index is 0.0164. The highest BCUT2D eigenvalue weighted by Gasteiger charge is 2.32. The summed E-state index contributed by atoms with van der Waals surface area (Å²) < 4.78 is 5.47. The van der Waals surface area contributed by atoms with Gasteiger partial charge in [-0.15, -0.1) is 0 Å². The summed E-state index contributed by atoms with van der Waals surface area (Å²) in [5.41, 5.74) is 3.49. The number of amides is 2. The first kappa shape index (κ1) is 20.9. The van der Waals surface area contributed by atoms with Crippen LogP contribution in [0.5, 0.6) is 5.75 Å². The van der Waals surface area contributed by atoms with Crippen LogP contribution < -0.4 is 25.8 Å². The molecule has 0 radical (unpaired) electrons. The van der Waals surface area contributed by atoms with E-state index in [9.17, 15) is 14.4 Å². The maximum Gasteiger partial charge on any atom is 0.272 e. The zero-order chi connectivity index (χ0) is 23.9. The first-order valence-electron chi connectivity index (χ1n) is 11.3. The Bertz CT molecular complexity index is 1530. The third-order valence-electron chi connectivity index (χ3n) is 6.31. The molecule has 2 aliphatic heterocycles. The van der Waals surface area contributed by atoms with Gasteiger partial charge in [0.2, 0.25) is 5.91 Å². The Kier molecular flexibility index (Phi) is 4.95. The molecule has 0 bridgehead atoms. The molecule has 0 saturated carbocycles. The second-order valence-corrected chi connectivity index (χ2v) is 8.52. The lowest BCUT2D eigenvalue weighted by molar-refractivity contribution is -0.119. The summed E-state index contributed by atoms with van der Waals surface area (Å²) in [6, 6.07) is 20.0. The third-order valence-corrected chi connectivity index (χ3v) is 6.31. The lowest BCUT2D eigenvalue weighted by Crippen LogP contribution is -2.33. The Hall–Kier alpha value is -4.66. The normalized spacial score (nSPS) is 17.1. The highest BCUT2D eigenvalue weighted by Crippen LogP contribution is 2.32. The quantitative estimate of drug-likeness (QED) is 0.425. The van der Waals surface area contributed by atoms with Gasteiger partial charge in [0.1, 0.15) is 11.8 Å². The van der Waals surface area contributed by atoms with Gasteiger partial charge in [-0.1, -0.05) is 30.3 Å². The average molecular weight is 467 g/mol. The minimum Gasteiger partial charge on any atom is -0.482 e. The first-order chi connectivity index (χ1) is 17.1. The Balaban J connectivity index is 1.20. The molecule has 9 nitrogen and oxygen atoms in total.